The molecule has 2 amide bonds. The average Bonchev–Trinajstić information content (AvgIpc) is 2.66. The molecular formula is C19H27N3O5. The number of benzene rings is 1. The van der Waals surface area contributed by atoms with Crippen LogP contribution in [0.5, 0.6) is 5.75 Å². The van der Waals surface area contributed by atoms with Crippen LogP contribution in [0.3, 0.4) is 0 Å². The van der Waals surface area contributed by atoms with Gasteiger partial charge >= 0.3 is 5.97 Å². The molecule has 1 heterocycles. The average molecular weight is 377 g/mol. The Morgan fingerprint density at radius 2 is 1.85 bits per heavy atom. The number of para-hydroxylation sites is 1. The van der Waals surface area contributed by atoms with Crippen molar-refractivity contribution in [2.45, 2.75) is 26.4 Å². The smallest absolute Gasteiger partial charge is 0.322 e. The first-order valence-corrected chi connectivity index (χ1v) is 9.15. The molecule has 1 atom stereocenters. The standard InChI is InChI=1S/C19H27N3O5/c1-3-15-6-4-5-7-16(15)27-14(2)19(26)22-10-8-21(9-11-22)13-17(23)20-12-18(24)25/h4-7,14H,3,8-13H2,1-2H3,(H,20,23)(H,24,25). The first kappa shape index (κ1) is 20.7. The molecule has 2 rings (SSSR count). The van der Waals surface area contributed by atoms with Gasteiger partial charge in [0.05, 0.1) is 6.54 Å². The third-order valence-corrected chi connectivity index (χ3v) is 4.49. The zero-order chi connectivity index (χ0) is 19.8. The molecule has 0 aromatic heterocycles. The molecule has 0 radical (unpaired) electrons. The number of hydrogen-bond donors (Lipinski definition) is 2. The van der Waals surface area contributed by atoms with Crippen molar-refractivity contribution in [3.05, 3.63) is 29.8 Å². The molecule has 1 unspecified atom stereocenters. The molecule has 1 aliphatic rings. The van der Waals surface area contributed by atoms with Crippen LogP contribution in [-0.4, -0.2) is 78.1 Å². The Kier molecular flexibility index (Phi) is 7.60. The molecule has 1 aromatic carbocycles. The third-order valence-electron chi connectivity index (χ3n) is 4.49. The van der Waals surface area contributed by atoms with Gasteiger partial charge in [0, 0.05) is 26.2 Å². The van der Waals surface area contributed by atoms with Crippen LogP contribution < -0.4 is 10.1 Å². The van der Waals surface area contributed by atoms with E-state index in [2.05, 4.69) is 5.32 Å². The number of aryl methyl sites for hydroxylation is 1. The zero-order valence-corrected chi connectivity index (χ0v) is 15.8. The highest BCUT2D eigenvalue weighted by Crippen LogP contribution is 2.20. The molecule has 148 valence electrons. The summed E-state index contributed by atoms with van der Waals surface area (Å²) < 4.78 is 5.87. The van der Waals surface area contributed by atoms with E-state index in [0.717, 1.165) is 17.7 Å². The molecule has 8 heteroatoms. The van der Waals surface area contributed by atoms with Crippen molar-refractivity contribution in [3.63, 3.8) is 0 Å². The maximum absolute atomic E-state index is 12.6. The lowest BCUT2D eigenvalue weighted by Crippen LogP contribution is -2.53. The molecule has 1 aliphatic heterocycles. The Bertz CT molecular complexity index is 671. The van der Waals surface area contributed by atoms with E-state index in [0.29, 0.717) is 26.2 Å². The van der Waals surface area contributed by atoms with Crippen molar-refractivity contribution in [1.29, 1.82) is 0 Å². The molecule has 0 saturated carbocycles. The summed E-state index contributed by atoms with van der Waals surface area (Å²) in [5, 5.41) is 10.9. The number of amides is 2. The number of carbonyl (C=O) groups excluding carboxylic acids is 2. The number of aliphatic carboxylic acids is 1. The van der Waals surface area contributed by atoms with Crippen LogP contribution in [0.15, 0.2) is 24.3 Å². The van der Waals surface area contributed by atoms with E-state index in [1.54, 1.807) is 11.8 Å². The number of piperazine rings is 1. The van der Waals surface area contributed by atoms with Crippen LogP contribution in [0, 0.1) is 0 Å². The van der Waals surface area contributed by atoms with E-state index in [9.17, 15) is 14.4 Å². The van der Waals surface area contributed by atoms with E-state index in [1.807, 2.05) is 36.1 Å². The largest absolute Gasteiger partial charge is 0.481 e. The van der Waals surface area contributed by atoms with Gasteiger partial charge in [-0.15, -0.1) is 0 Å². The van der Waals surface area contributed by atoms with Crippen LogP contribution in [0.25, 0.3) is 0 Å². The van der Waals surface area contributed by atoms with Crippen molar-refractivity contribution in [2.24, 2.45) is 0 Å². The fraction of sp³-hybridized carbons (Fsp3) is 0.526. The van der Waals surface area contributed by atoms with Crippen molar-refractivity contribution < 1.29 is 24.2 Å². The molecule has 0 spiro atoms. The van der Waals surface area contributed by atoms with Gasteiger partial charge in [0.2, 0.25) is 5.91 Å². The summed E-state index contributed by atoms with van der Waals surface area (Å²) in [7, 11) is 0. The lowest BCUT2D eigenvalue weighted by molar-refractivity contribution is -0.140. The minimum Gasteiger partial charge on any atom is -0.481 e. The van der Waals surface area contributed by atoms with Gasteiger partial charge in [0.15, 0.2) is 6.10 Å². The topological polar surface area (TPSA) is 99.2 Å². The summed E-state index contributed by atoms with van der Waals surface area (Å²) in [4.78, 5) is 38.4. The van der Waals surface area contributed by atoms with Crippen molar-refractivity contribution >= 4 is 17.8 Å². The minimum atomic E-state index is -1.07. The van der Waals surface area contributed by atoms with E-state index in [1.165, 1.54) is 0 Å². The minimum absolute atomic E-state index is 0.0733. The number of rotatable bonds is 8. The fourth-order valence-electron chi connectivity index (χ4n) is 2.97. The molecule has 27 heavy (non-hydrogen) atoms. The van der Waals surface area contributed by atoms with Gasteiger partial charge in [-0.05, 0) is 25.0 Å². The Balaban J connectivity index is 1.80. The van der Waals surface area contributed by atoms with Crippen LogP contribution in [0.4, 0.5) is 0 Å². The Hall–Kier alpha value is -2.61. The molecule has 2 N–H and O–H groups in total. The van der Waals surface area contributed by atoms with Crippen molar-refractivity contribution in [1.82, 2.24) is 15.1 Å². The summed E-state index contributed by atoms with van der Waals surface area (Å²) in [6.45, 7) is 5.68. The monoisotopic (exact) mass is 377 g/mol. The molecule has 8 nitrogen and oxygen atoms in total. The number of carboxylic acids is 1. The first-order chi connectivity index (χ1) is 12.9. The SMILES string of the molecule is CCc1ccccc1OC(C)C(=O)N1CCN(CC(=O)NCC(=O)O)CC1. The molecular weight excluding hydrogens is 350 g/mol. The van der Waals surface area contributed by atoms with Gasteiger partial charge in [0.1, 0.15) is 12.3 Å². The van der Waals surface area contributed by atoms with Gasteiger partial charge in [0.25, 0.3) is 5.91 Å². The van der Waals surface area contributed by atoms with Crippen LogP contribution in [0.2, 0.25) is 0 Å². The zero-order valence-electron chi connectivity index (χ0n) is 15.8. The second-order valence-electron chi connectivity index (χ2n) is 6.49. The van der Waals surface area contributed by atoms with Gasteiger partial charge in [-0.2, -0.15) is 0 Å². The highest BCUT2D eigenvalue weighted by molar-refractivity contribution is 5.83. The predicted molar refractivity (Wildman–Crippen MR) is 99.6 cm³/mol. The number of hydrogen-bond acceptors (Lipinski definition) is 5. The summed E-state index contributed by atoms with van der Waals surface area (Å²) >= 11 is 0. The lowest BCUT2D eigenvalue weighted by Gasteiger charge is -2.35. The van der Waals surface area contributed by atoms with E-state index < -0.39 is 12.1 Å². The number of nitrogens with zero attached hydrogens (tertiary/aromatic N) is 2. The number of carbonyl (C=O) groups is 3. The summed E-state index contributed by atoms with van der Waals surface area (Å²) in [5.41, 5.74) is 1.06. The highest BCUT2D eigenvalue weighted by Gasteiger charge is 2.27. The van der Waals surface area contributed by atoms with E-state index >= 15 is 0 Å². The van der Waals surface area contributed by atoms with Crippen molar-refractivity contribution in [3.8, 4) is 5.75 Å². The van der Waals surface area contributed by atoms with Gasteiger partial charge in [-0.3, -0.25) is 19.3 Å². The van der Waals surface area contributed by atoms with Crippen LogP contribution >= 0.6 is 0 Å². The fourth-order valence-corrected chi connectivity index (χ4v) is 2.97. The maximum atomic E-state index is 12.6. The predicted octanol–water partition coefficient (Wildman–Crippen LogP) is 0.361. The molecule has 1 saturated heterocycles. The second kappa shape index (κ2) is 9.91. The van der Waals surface area contributed by atoms with Gasteiger partial charge < -0.3 is 20.1 Å². The molecule has 0 bridgehead atoms. The van der Waals surface area contributed by atoms with Gasteiger partial charge in [-0.1, -0.05) is 25.1 Å². The first-order valence-electron chi connectivity index (χ1n) is 9.15. The van der Waals surface area contributed by atoms with E-state index in [4.69, 9.17) is 9.84 Å². The maximum Gasteiger partial charge on any atom is 0.322 e. The quantitative estimate of drug-likeness (QED) is 0.679. The Labute approximate surface area is 159 Å². The number of carboxylic acid groups (broad SMARTS) is 1. The van der Waals surface area contributed by atoms with Crippen LogP contribution in [-0.2, 0) is 20.8 Å². The summed E-state index contributed by atoms with van der Waals surface area (Å²) in [6.07, 6.45) is 0.253. The summed E-state index contributed by atoms with van der Waals surface area (Å²) in [5.74, 6) is -0.743. The van der Waals surface area contributed by atoms with Gasteiger partial charge in [-0.25, -0.2) is 0 Å². The normalized spacial score (nSPS) is 15.9. The molecule has 1 fully saturated rings. The Morgan fingerprint density at radius 1 is 1.19 bits per heavy atom. The number of nitrogens with one attached hydrogen (secondary N) is 1. The second-order valence-corrected chi connectivity index (χ2v) is 6.49. The lowest BCUT2D eigenvalue weighted by atomic mass is 10.1. The van der Waals surface area contributed by atoms with Crippen LogP contribution in [0.1, 0.15) is 19.4 Å². The third kappa shape index (κ3) is 6.25. The van der Waals surface area contributed by atoms with Crippen molar-refractivity contribution in [2.75, 3.05) is 39.3 Å². The molecule has 0 aliphatic carbocycles. The summed E-state index contributed by atoms with van der Waals surface area (Å²) in [6, 6.07) is 7.70. The molecule has 1 aromatic rings. The Morgan fingerprint density at radius 3 is 2.48 bits per heavy atom. The van der Waals surface area contributed by atoms with E-state index in [-0.39, 0.29) is 24.9 Å². The number of ether oxygens (including phenoxy) is 1. The highest BCUT2D eigenvalue weighted by atomic mass is 16.5.